The molecule has 1 rings (SSSR count). The van der Waals surface area contributed by atoms with Crippen molar-refractivity contribution in [1.82, 2.24) is 9.97 Å². The van der Waals surface area contributed by atoms with Crippen molar-refractivity contribution in [1.29, 1.82) is 0 Å². The number of hydrogen-bond acceptors (Lipinski definition) is 5. The number of amides is 1. The van der Waals surface area contributed by atoms with Gasteiger partial charge >= 0.3 is 0 Å². The van der Waals surface area contributed by atoms with E-state index in [1.54, 1.807) is 6.07 Å². The predicted octanol–water partition coefficient (Wildman–Crippen LogP) is 1.23. The molecule has 1 N–H and O–H groups in total. The minimum absolute atomic E-state index is 0.182. The van der Waals surface area contributed by atoms with Gasteiger partial charge in [0.15, 0.2) is 0 Å². The molecule has 6 nitrogen and oxygen atoms in total. The molecule has 0 unspecified atom stereocenters. The summed E-state index contributed by atoms with van der Waals surface area (Å²) in [6, 6.07) is 1.58. The molecule has 0 bridgehead atoms. The van der Waals surface area contributed by atoms with E-state index in [1.807, 2.05) is 13.8 Å². The second-order valence-corrected chi connectivity index (χ2v) is 2.92. The van der Waals surface area contributed by atoms with Crippen LogP contribution in [-0.2, 0) is 4.79 Å². The van der Waals surface area contributed by atoms with Gasteiger partial charge in [-0.1, -0.05) is 0 Å². The number of rotatable bonds is 5. The fraction of sp³-hybridized carbons (Fsp3) is 0.500. The van der Waals surface area contributed by atoms with Crippen LogP contribution in [0.1, 0.15) is 20.8 Å². The lowest BCUT2D eigenvalue weighted by atomic mass is 10.5. The third kappa shape index (κ3) is 3.72. The monoisotopic (exact) mass is 225 g/mol. The molecule has 0 radical (unpaired) electrons. The van der Waals surface area contributed by atoms with Gasteiger partial charge in [0, 0.05) is 6.92 Å². The molecule has 0 aliphatic carbocycles. The van der Waals surface area contributed by atoms with Crippen molar-refractivity contribution < 1.29 is 14.3 Å². The van der Waals surface area contributed by atoms with Crippen LogP contribution in [0.4, 0.5) is 5.95 Å². The molecule has 0 aromatic carbocycles. The highest BCUT2D eigenvalue weighted by Crippen LogP contribution is 2.18. The van der Waals surface area contributed by atoms with Crippen LogP contribution in [0.2, 0.25) is 0 Å². The highest BCUT2D eigenvalue weighted by Gasteiger charge is 2.07. The molecule has 0 aliphatic heterocycles. The van der Waals surface area contributed by atoms with Crippen LogP contribution in [-0.4, -0.2) is 29.1 Å². The topological polar surface area (TPSA) is 73.3 Å². The second kappa shape index (κ2) is 5.89. The van der Waals surface area contributed by atoms with Crippen molar-refractivity contribution >= 4 is 11.9 Å². The number of nitrogens with one attached hydrogen (secondary N) is 1. The van der Waals surface area contributed by atoms with Gasteiger partial charge < -0.3 is 9.47 Å². The molecule has 1 amide bonds. The molecular weight excluding hydrogens is 210 g/mol. The van der Waals surface area contributed by atoms with Gasteiger partial charge in [0.25, 0.3) is 0 Å². The summed E-state index contributed by atoms with van der Waals surface area (Å²) in [4.78, 5) is 18.9. The van der Waals surface area contributed by atoms with E-state index < -0.39 is 0 Å². The van der Waals surface area contributed by atoms with Crippen LogP contribution in [0.15, 0.2) is 6.07 Å². The molecule has 6 heteroatoms. The summed E-state index contributed by atoms with van der Waals surface area (Å²) in [6.45, 7) is 6.06. The van der Waals surface area contributed by atoms with E-state index in [0.29, 0.717) is 25.0 Å². The standard InChI is InChI=1S/C10H15N3O3/c1-4-15-8-6-9(16-5-2)13-10(12-8)11-7(3)14/h6H,4-5H2,1-3H3,(H,11,12,13,14). The molecule has 16 heavy (non-hydrogen) atoms. The molecule has 1 heterocycles. The van der Waals surface area contributed by atoms with Crippen molar-refractivity contribution in [3.8, 4) is 11.8 Å². The van der Waals surface area contributed by atoms with Crippen LogP contribution in [0.25, 0.3) is 0 Å². The lowest BCUT2D eigenvalue weighted by molar-refractivity contribution is -0.114. The van der Waals surface area contributed by atoms with Crippen molar-refractivity contribution in [2.24, 2.45) is 0 Å². The molecule has 1 aromatic rings. The van der Waals surface area contributed by atoms with Gasteiger partial charge in [-0.25, -0.2) is 0 Å². The smallest absolute Gasteiger partial charge is 0.236 e. The van der Waals surface area contributed by atoms with Crippen molar-refractivity contribution in [2.45, 2.75) is 20.8 Å². The molecule has 0 saturated carbocycles. The maximum Gasteiger partial charge on any atom is 0.236 e. The Labute approximate surface area is 94.0 Å². The Balaban J connectivity index is 2.93. The van der Waals surface area contributed by atoms with E-state index >= 15 is 0 Å². The summed E-state index contributed by atoms with van der Waals surface area (Å²) in [7, 11) is 0. The zero-order valence-electron chi connectivity index (χ0n) is 9.61. The van der Waals surface area contributed by atoms with E-state index in [4.69, 9.17) is 9.47 Å². The Kier molecular flexibility index (Phi) is 4.50. The number of aromatic nitrogens is 2. The van der Waals surface area contributed by atoms with Gasteiger partial charge in [-0.3, -0.25) is 10.1 Å². The lowest BCUT2D eigenvalue weighted by Crippen LogP contribution is -2.11. The van der Waals surface area contributed by atoms with Crippen LogP contribution in [0.3, 0.4) is 0 Å². The number of anilines is 1. The van der Waals surface area contributed by atoms with Crippen LogP contribution in [0, 0.1) is 0 Å². The zero-order valence-corrected chi connectivity index (χ0v) is 9.61. The minimum Gasteiger partial charge on any atom is -0.478 e. The van der Waals surface area contributed by atoms with Crippen LogP contribution < -0.4 is 14.8 Å². The Morgan fingerprint density at radius 1 is 1.25 bits per heavy atom. The fourth-order valence-corrected chi connectivity index (χ4v) is 1.06. The molecule has 0 atom stereocenters. The third-order valence-corrected chi connectivity index (χ3v) is 1.55. The maximum absolute atomic E-state index is 10.9. The summed E-state index contributed by atoms with van der Waals surface area (Å²) in [5.41, 5.74) is 0. The number of carbonyl (C=O) groups excluding carboxylic acids is 1. The lowest BCUT2D eigenvalue weighted by Gasteiger charge is -2.08. The van der Waals surface area contributed by atoms with E-state index in [-0.39, 0.29) is 11.9 Å². The largest absolute Gasteiger partial charge is 0.478 e. The molecule has 1 aromatic heterocycles. The Hall–Kier alpha value is -1.85. The Morgan fingerprint density at radius 2 is 1.75 bits per heavy atom. The third-order valence-electron chi connectivity index (χ3n) is 1.55. The van der Waals surface area contributed by atoms with E-state index in [0.717, 1.165) is 0 Å². The van der Waals surface area contributed by atoms with Gasteiger partial charge in [-0.2, -0.15) is 9.97 Å². The summed E-state index contributed by atoms with van der Waals surface area (Å²) in [6.07, 6.45) is 0. The molecule has 0 spiro atoms. The highest BCUT2D eigenvalue weighted by molar-refractivity contribution is 5.86. The fourth-order valence-electron chi connectivity index (χ4n) is 1.06. The summed E-state index contributed by atoms with van der Waals surface area (Å²) in [5.74, 6) is 0.701. The zero-order chi connectivity index (χ0) is 12.0. The summed E-state index contributed by atoms with van der Waals surface area (Å²) in [5, 5.41) is 2.48. The normalized spacial score (nSPS) is 9.69. The maximum atomic E-state index is 10.9. The van der Waals surface area contributed by atoms with Crippen molar-refractivity contribution in [2.75, 3.05) is 18.5 Å². The highest BCUT2D eigenvalue weighted by atomic mass is 16.5. The van der Waals surface area contributed by atoms with Gasteiger partial charge in [-0.05, 0) is 13.8 Å². The first-order valence-electron chi connectivity index (χ1n) is 5.08. The second-order valence-electron chi connectivity index (χ2n) is 2.92. The summed E-state index contributed by atoms with van der Waals surface area (Å²) >= 11 is 0. The van der Waals surface area contributed by atoms with E-state index in [1.165, 1.54) is 6.92 Å². The van der Waals surface area contributed by atoms with Crippen molar-refractivity contribution in [3.63, 3.8) is 0 Å². The number of carbonyl (C=O) groups is 1. The average molecular weight is 225 g/mol. The molecular formula is C10H15N3O3. The SMILES string of the molecule is CCOc1cc(OCC)nc(NC(C)=O)n1. The minimum atomic E-state index is -0.240. The quantitative estimate of drug-likeness (QED) is 0.815. The van der Waals surface area contributed by atoms with Gasteiger partial charge in [0.2, 0.25) is 23.6 Å². The van der Waals surface area contributed by atoms with Crippen LogP contribution in [0.5, 0.6) is 11.8 Å². The van der Waals surface area contributed by atoms with E-state index in [2.05, 4.69) is 15.3 Å². The molecule has 88 valence electrons. The van der Waals surface area contributed by atoms with Gasteiger partial charge in [0.1, 0.15) is 0 Å². The molecule has 0 fully saturated rings. The Bertz CT molecular complexity index is 344. The summed E-state index contributed by atoms with van der Waals surface area (Å²) < 4.78 is 10.5. The van der Waals surface area contributed by atoms with E-state index in [9.17, 15) is 4.79 Å². The van der Waals surface area contributed by atoms with Crippen molar-refractivity contribution in [3.05, 3.63) is 6.07 Å². The Morgan fingerprint density at radius 3 is 2.12 bits per heavy atom. The first kappa shape index (κ1) is 12.2. The number of ether oxygens (including phenoxy) is 2. The van der Waals surface area contributed by atoms with Crippen LogP contribution >= 0.6 is 0 Å². The predicted molar refractivity (Wildman–Crippen MR) is 58.7 cm³/mol. The number of hydrogen-bond donors (Lipinski definition) is 1. The first-order chi connectivity index (χ1) is 7.65. The first-order valence-corrected chi connectivity index (χ1v) is 5.08. The number of nitrogens with zero attached hydrogens (tertiary/aromatic N) is 2. The average Bonchev–Trinajstić information content (AvgIpc) is 2.17. The van der Waals surface area contributed by atoms with Gasteiger partial charge in [0.05, 0.1) is 19.3 Å². The molecule has 0 saturated heterocycles. The van der Waals surface area contributed by atoms with Gasteiger partial charge in [-0.15, -0.1) is 0 Å². The molecule has 0 aliphatic rings.